The van der Waals surface area contributed by atoms with Crippen molar-refractivity contribution < 1.29 is 14.3 Å². The molecule has 0 radical (unpaired) electrons. The average Bonchev–Trinajstić information content (AvgIpc) is 2.61. The second-order valence-electron chi connectivity index (χ2n) is 5.64. The number of carbonyl (C=O) groups is 1. The van der Waals surface area contributed by atoms with Crippen LogP contribution < -0.4 is 9.64 Å². The van der Waals surface area contributed by atoms with Crippen LogP contribution in [0, 0.1) is 6.92 Å². The summed E-state index contributed by atoms with van der Waals surface area (Å²) in [5.41, 5.74) is 2.02. The molecule has 1 atom stereocenters. The van der Waals surface area contributed by atoms with Gasteiger partial charge >= 0.3 is 6.16 Å². The predicted molar refractivity (Wildman–Crippen MR) is 96.7 cm³/mol. The van der Waals surface area contributed by atoms with E-state index in [4.69, 9.17) is 9.47 Å². The van der Waals surface area contributed by atoms with E-state index in [-0.39, 0.29) is 6.10 Å². The molecule has 0 aliphatic heterocycles. The summed E-state index contributed by atoms with van der Waals surface area (Å²) in [6.07, 6.45) is -0.145. The number of para-hydroxylation sites is 2. The van der Waals surface area contributed by atoms with Gasteiger partial charge in [-0.3, -0.25) is 0 Å². The van der Waals surface area contributed by atoms with Crippen molar-refractivity contribution >= 4 is 11.8 Å². The fraction of sp³-hybridized carbons (Fsp3) is 0.350. The first-order valence-corrected chi connectivity index (χ1v) is 8.38. The molecule has 4 nitrogen and oxygen atoms in total. The maximum Gasteiger partial charge on any atom is 0.514 e. The van der Waals surface area contributed by atoms with Crippen LogP contribution in [0.3, 0.4) is 0 Å². The first kappa shape index (κ1) is 17.9. The lowest BCUT2D eigenvalue weighted by Gasteiger charge is -2.27. The molecule has 0 aliphatic rings. The number of rotatable bonds is 7. The van der Waals surface area contributed by atoms with Crippen molar-refractivity contribution in [2.24, 2.45) is 0 Å². The Morgan fingerprint density at radius 2 is 1.71 bits per heavy atom. The molecule has 0 bridgehead atoms. The molecule has 0 aliphatic carbocycles. The summed E-state index contributed by atoms with van der Waals surface area (Å²) in [7, 11) is 0. The molecule has 1 unspecified atom stereocenters. The van der Waals surface area contributed by atoms with Gasteiger partial charge in [0.2, 0.25) is 0 Å². The van der Waals surface area contributed by atoms with Gasteiger partial charge in [0.05, 0.1) is 6.54 Å². The van der Waals surface area contributed by atoms with Gasteiger partial charge in [0.25, 0.3) is 0 Å². The van der Waals surface area contributed by atoms with Crippen molar-refractivity contribution in [3.05, 3.63) is 60.2 Å². The Labute approximate surface area is 144 Å². The van der Waals surface area contributed by atoms with Crippen molar-refractivity contribution in [2.75, 3.05) is 18.0 Å². The Morgan fingerprint density at radius 3 is 2.33 bits per heavy atom. The van der Waals surface area contributed by atoms with Crippen molar-refractivity contribution in [1.82, 2.24) is 0 Å². The number of aryl methyl sites for hydroxylation is 1. The second kappa shape index (κ2) is 8.96. The Morgan fingerprint density at radius 1 is 1.04 bits per heavy atom. The number of likely N-dealkylation sites (N-methyl/N-ethyl adjacent to an activating group) is 1. The van der Waals surface area contributed by atoms with E-state index < -0.39 is 6.16 Å². The molecule has 0 saturated carbocycles. The molecule has 0 heterocycles. The molecule has 0 amide bonds. The zero-order chi connectivity index (χ0) is 17.4. The summed E-state index contributed by atoms with van der Waals surface area (Å²) in [6, 6.07) is 17.5. The maximum atomic E-state index is 12.1. The third-order valence-corrected chi connectivity index (χ3v) is 3.93. The number of ether oxygens (including phenoxy) is 2. The van der Waals surface area contributed by atoms with Gasteiger partial charge < -0.3 is 14.4 Å². The molecule has 0 saturated heterocycles. The topological polar surface area (TPSA) is 38.8 Å². The highest BCUT2D eigenvalue weighted by Gasteiger charge is 2.18. The molecular weight excluding hydrogens is 302 g/mol. The molecule has 2 aromatic carbocycles. The maximum absolute atomic E-state index is 12.1. The van der Waals surface area contributed by atoms with Crippen LogP contribution in [0.15, 0.2) is 54.6 Å². The first-order valence-electron chi connectivity index (χ1n) is 8.38. The quantitative estimate of drug-likeness (QED) is 0.540. The van der Waals surface area contributed by atoms with E-state index in [1.807, 2.05) is 50.2 Å². The van der Waals surface area contributed by atoms with Crippen LogP contribution in [0.4, 0.5) is 10.5 Å². The van der Waals surface area contributed by atoms with E-state index in [1.54, 1.807) is 6.07 Å². The van der Waals surface area contributed by atoms with Crippen LogP contribution in [-0.2, 0) is 4.74 Å². The Balaban J connectivity index is 1.96. The molecule has 4 heteroatoms. The highest BCUT2D eigenvalue weighted by molar-refractivity contribution is 5.64. The summed E-state index contributed by atoms with van der Waals surface area (Å²) in [5, 5.41) is 0. The molecule has 0 N–H and O–H groups in total. The zero-order valence-electron chi connectivity index (χ0n) is 14.6. The second-order valence-corrected chi connectivity index (χ2v) is 5.64. The third kappa shape index (κ3) is 5.01. The Hall–Kier alpha value is -2.49. The Kier molecular flexibility index (Phi) is 6.67. The van der Waals surface area contributed by atoms with Crippen LogP contribution >= 0.6 is 0 Å². The molecule has 0 spiro atoms. The average molecular weight is 327 g/mol. The van der Waals surface area contributed by atoms with Crippen molar-refractivity contribution in [2.45, 2.75) is 33.3 Å². The first-order chi connectivity index (χ1) is 11.6. The van der Waals surface area contributed by atoms with Gasteiger partial charge in [-0.25, -0.2) is 4.79 Å². The van der Waals surface area contributed by atoms with Crippen molar-refractivity contribution in [3.8, 4) is 5.75 Å². The smallest absolute Gasteiger partial charge is 0.429 e. The fourth-order valence-electron chi connectivity index (χ4n) is 2.47. The third-order valence-electron chi connectivity index (χ3n) is 3.93. The molecule has 2 rings (SSSR count). The van der Waals surface area contributed by atoms with Crippen molar-refractivity contribution in [1.29, 1.82) is 0 Å². The van der Waals surface area contributed by atoms with Gasteiger partial charge in [-0.2, -0.15) is 0 Å². The van der Waals surface area contributed by atoms with Gasteiger partial charge in [-0.1, -0.05) is 43.3 Å². The number of hydrogen-bond acceptors (Lipinski definition) is 4. The van der Waals surface area contributed by atoms with Gasteiger partial charge in [0.1, 0.15) is 11.9 Å². The zero-order valence-corrected chi connectivity index (χ0v) is 14.6. The molecule has 0 fully saturated rings. The number of benzene rings is 2. The lowest BCUT2D eigenvalue weighted by molar-refractivity contribution is 0.0592. The number of anilines is 1. The summed E-state index contributed by atoms with van der Waals surface area (Å²) < 4.78 is 10.8. The van der Waals surface area contributed by atoms with Crippen LogP contribution in [0.25, 0.3) is 0 Å². The normalized spacial score (nSPS) is 11.6. The summed E-state index contributed by atoms with van der Waals surface area (Å²) >= 11 is 0. The lowest BCUT2D eigenvalue weighted by atomic mass is 10.2. The van der Waals surface area contributed by atoms with E-state index in [0.717, 1.165) is 24.2 Å². The molecular formula is C20H25NO3. The van der Waals surface area contributed by atoms with E-state index in [1.165, 1.54) is 0 Å². The molecule has 0 aromatic heterocycles. The van der Waals surface area contributed by atoms with Gasteiger partial charge in [-0.15, -0.1) is 0 Å². The highest BCUT2D eigenvalue weighted by atomic mass is 16.7. The summed E-state index contributed by atoms with van der Waals surface area (Å²) in [5.74, 6) is 0.535. The predicted octanol–water partition coefficient (Wildman–Crippen LogP) is 4.82. The minimum Gasteiger partial charge on any atom is -0.429 e. The molecule has 24 heavy (non-hydrogen) atoms. The van der Waals surface area contributed by atoms with Crippen LogP contribution in [0.2, 0.25) is 0 Å². The Bertz CT molecular complexity index is 642. The van der Waals surface area contributed by atoms with Crippen molar-refractivity contribution in [3.63, 3.8) is 0 Å². The molecule has 128 valence electrons. The van der Waals surface area contributed by atoms with Gasteiger partial charge in [-0.05, 0) is 44.0 Å². The number of hydrogen-bond donors (Lipinski definition) is 0. The largest absolute Gasteiger partial charge is 0.514 e. The van der Waals surface area contributed by atoms with Crippen LogP contribution in [0.1, 0.15) is 25.8 Å². The van der Waals surface area contributed by atoms with E-state index in [2.05, 4.69) is 24.0 Å². The van der Waals surface area contributed by atoms with Crippen LogP contribution in [0.5, 0.6) is 5.75 Å². The number of carbonyl (C=O) groups excluding carboxylic acids is 1. The van der Waals surface area contributed by atoms with E-state index in [9.17, 15) is 4.79 Å². The highest BCUT2D eigenvalue weighted by Crippen LogP contribution is 2.18. The molecule has 2 aromatic rings. The van der Waals surface area contributed by atoms with E-state index >= 15 is 0 Å². The fourth-order valence-corrected chi connectivity index (χ4v) is 2.47. The lowest BCUT2D eigenvalue weighted by Crippen LogP contribution is -2.35. The van der Waals surface area contributed by atoms with Gasteiger partial charge in [0.15, 0.2) is 0 Å². The minimum absolute atomic E-state index is 0.221. The summed E-state index contributed by atoms with van der Waals surface area (Å²) in [4.78, 5) is 14.3. The van der Waals surface area contributed by atoms with E-state index in [0.29, 0.717) is 12.3 Å². The summed E-state index contributed by atoms with van der Waals surface area (Å²) in [6.45, 7) is 7.47. The SMILES string of the molecule is CCC(CN(CC)c1ccccc1)OC(=O)Oc1ccccc1C. The monoisotopic (exact) mass is 327 g/mol. The van der Waals surface area contributed by atoms with Gasteiger partial charge in [0, 0.05) is 12.2 Å². The minimum atomic E-state index is -0.653. The number of nitrogens with zero attached hydrogens (tertiary/aromatic N) is 1. The standard InChI is InChI=1S/C20H25NO3/c1-4-18(15-21(5-2)17-12-7-6-8-13-17)23-20(22)24-19-14-10-9-11-16(19)3/h6-14,18H,4-5,15H2,1-3H3. The van der Waals surface area contributed by atoms with Crippen LogP contribution in [-0.4, -0.2) is 25.3 Å².